The lowest BCUT2D eigenvalue weighted by Crippen LogP contribution is -2.34. The highest BCUT2D eigenvalue weighted by molar-refractivity contribution is 7.56. The highest BCUT2D eigenvalue weighted by atomic mass is 35.5. The third-order valence-electron chi connectivity index (χ3n) is 3.20. The van der Waals surface area contributed by atoms with Gasteiger partial charge in [0, 0.05) is 11.1 Å². The van der Waals surface area contributed by atoms with Crippen LogP contribution in [-0.2, 0) is 20.6 Å². The zero-order valence-electron chi connectivity index (χ0n) is 15.2. The lowest BCUT2D eigenvalue weighted by molar-refractivity contribution is 0.0551. The number of nitrogens with zero attached hydrogens (tertiary/aromatic N) is 2. The number of nitrogens with one attached hydrogen (secondary N) is 1. The first-order valence-corrected chi connectivity index (χ1v) is 10.2. The third kappa shape index (κ3) is 6.04. The summed E-state index contributed by atoms with van der Waals surface area (Å²) in [6, 6.07) is 3.83. The molecule has 0 saturated heterocycles. The Labute approximate surface area is 159 Å². The van der Waals surface area contributed by atoms with Gasteiger partial charge in [-0.2, -0.15) is 13.8 Å². The molecule has 0 fully saturated rings. The standard InChI is InChI=1S/C16H20ClF3N3O3P/c1-5-25-27(24,23-15(2,3)4)9-11-7-6-10(8-12(11)18)13-21-14(26-22-13)16(17,19)20/h6-8H,5,9H2,1-4H3,(H,23,24). The van der Waals surface area contributed by atoms with Gasteiger partial charge in [-0.15, -0.1) is 0 Å². The molecule has 0 amide bonds. The lowest BCUT2D eigenvalue weighted by Gasteiger charge is -2.28. The smallest absolute Gasteiger partial charge is 0.331 e. The number of rotatable bonds is 7. The Morgan fingerprint density at radius 1 is 1.33 bits per heavy atom. The van der Waals surface area contributed by atoms with Gasteiger partial charge < -0.3 is 9.05 Å². The second-order valence-corrected chi connectivity index (χ2v) is 9.46. The van der Waals surface area contributed by atoms with Crippen LogP contribution in [0.3, 0.4) is 0 Å². The number of hydrogen-bond donors (Lipinski definition) is 1. The Kier molecular flexibility index (Phi) is 6.41. The second-order valence-electron chi connectivity index (χ2n) is 6.84. The quantitative estimate of drug-likeness (QED) is 0.480. The SMILES string of the molecule is CCOP(=O)(Cc1ccc(-c2noc(C(F)(F)Cl)n2)cc1F)NC(C)(C)C. The number of halogens is 4. The molecule has 0 aliphatic rings. The average molecular weight is 426 g/mol. The molecule has 0 bridgehead atoms. The largest absolute Gasteiger partial charge is 0.400 e. The number of alkyl halides is 3. The Balaban J connectivity index is 2.28. The van der Waals surface area contributed by atoms with Crippen LogP contribution in [0.1, 0.15) is 39.1 Å². The van der Waals surface area contributed by atoms with E-state index in [1.54, 1.807) is 6.92 Å². The van der Waals surface area contributed by atoms with Crippen LogP contribution in [0.15, 0.2) is 22.7 Å². The summed E-state index contributed by atoms with van der Waals surface area (Å²) in [5.41, 5.74) is -0.254. The van der Waals surface area contributed by atoms with Crippen LogP contribution in [0.4, 0.5) is 13.2 Å². The van der Waals surface area contributed by atoms with Crippen LogP contribution in [0.2, 0.25) is 0 Å². The van der Waals surface area contributed by atoms with Gasteiger partial charge in [-0.05, 0) is 50.9 Å². The summed E-state index contributed by atoms with van der Waals surface area (Å²) in [4.78, 5) is 3.46. The first-order valence-electron chi connectivity index (χ1n) is 8.06. The third-order valence-corrected chi connectivity index (χ3v) is 5.81. The molecular weight excluding hydrogens is 406 g/mol. The number of aromatic nitrogens is 2. The van der Waals surface area contributed by atoms with Gasteiger partial charge in [0.1, 0.15) is 5.82 Å². The van der Waals surface area contributed by atoms with Crippen molar-refractivity contribution in [1.82, 2.24) is 15.2 Å². The van der Waals surface area contributed by atoms with Gasteiger partial charge in [0.25, 0.3) is 7.52 Å². The Morgan fingerprint density at radius 2 is 2.00 bits per heavy atom. The molecule has 27 heavy (non-hydrogen) atoms. The monoisotopic (exact) mass is 425 g/mol. The van der Waals surface area contributed by atoms with Crippen LogP contribution >= 0.6 is 19.1 Å². The fourth-order valence-corrected chi connectivity index (χ4v) is 4.79. The summed E-state index contributed by atoms with van der Waals surface area (Å²) in [6.07, 6.45) is -0.179. The van der Waals surface area contributed by atoms with Gasteiger partial charge in [-0.3, -0.25) is 4.57 Å². The van der Waals surface area contributed by atoms with Crippen molar-refractivity contribution in [3.8, 4) is 11.4 Å². The van der Waals surface area contributed by atoms with Crippen molar-refractivity contribution in [2.24, 2.45) is 0 Å². The van der Waals surface area contributed by atoms with Crippen molar-refractivity contribution in [1.29, 1.82) is 0 Å². The van der Waals surface area contributed by atoms with Gasteiger partial charge in [0.05, 0.1) is 12.8 Å². The van der Waals surface area contributed by atoms with Gasteiger partial charge in [-0.1, -0.05) is 17.3 Å². The van der Waals surface area contributed by atoms with Crippen molar-refractivity contribution in [2.75, 3.05) is 6.61 Å². The molecule has 2 rings (SSSR count). The van der Waals surface area contributed by atoms with E-state index in [4.69, 9.17) is 16.1 Å². The predicted molar refractivity (Wildman–Crippen MR) is 95.3 cm³/mol. The van der Waals surface area contributed by atoms with E-state index in [0.717, 1.165) is 6.07 Å². The molecule has 0 saturated carbocycles. The average Bonchev–Trinajstić information content (AvgIpc) is 2.97. The van der Waals surface area contributed by atoms with E-state index in [1.807, 2.05) is 20.8 Å². The van der Waals surface area contributed by atoms with Crippen molar-refractivity contribution in [3.63, 3.8) is 0 Å². The summed E-state index contributed by atoms with van der Waals surface area (Å²) in [5.74, 6) is -2.03. The molecule has 6 nitrogen and oxygen atoms in total. The highest BCUT2D eigenvalue weighted by Gasteiger charge is 2.36. The van der Waals surface area contributed by atoms with Gasteiger partial charge in [0.2, 0.25) is 5.82 Å². The van der Waals surface area contributed by atoms with E-state index < -0.39 is 30.1 Å². The van der Waals surface area contributed by atoms with Crippen molar-refractivity contribution in [3.05, 3.63) is 35.5 Å². The maximum atomic E-state index is 14.5. The number of benzene rings is 1. The Hall–Kier alpha value is -1.41. The molecule has 0 aliphatic carbocycles. The normalized spacial score (nSPS) is 15.0. The fourth-order valence-electron chi connectivity index (χ4n) is 2.33. The van der Waals surface area contributed by atoms with E-state index in [-0.39, 0.29) is 29.7 Å². The molecule has 1 atom stereocenters. The summed E-state index contributed by atoms with van der Waals surface area (Å²) in [6.45, 7) is 7.34. The Morgan fingerprint density at radius 3 is 2.48 bits per heavy atom. The fraction of sp³-hybridized carbons (Fsp3) is 0.500. The summed E-state index contributed by atoms with van der Waals surface area (Å²) >= 11 is 4.82. The molecule has 0 radical (unpaired) electrons. The lowest BCUT2D eigenvalue weighted by atomic mass is 10.1. The minimum atomic E-state index is -3.81. The van der Waals surface area contributed by atoms with Crippen LogP contribution in [-0.4, -0.2) is 22.3 Å². The molecule has 1 heterocycles. The molecule has 150 valence electrons. The van der Waals surface area contributed by atoms with Crippen molar-refractivity contribution < 1.29 is 26.8 Å². The van der Waals surface area contributed by atoms with Crippen molar-refractivity contribution in [2.45, 2.75) is 44.8 Å². The van der Waals surface area contributed by atoms with Crippen LogP contribution in [0.25, 0.3) is 11.4 Å². The Bertz CT molecular complexity index is 849. The van der Waals surface area contributed by atoms with Gasteiger partial charge in [0.15, 0.2) is 0 Å². The predicted octanol–water partition coefficient (Wildman–Crippen LogP) is 5.28. The van der Waals surface area contributed by atoms with E-state index in [0.29, 0.717) is 0 Å². The molecule has 1 N–H and O–H groups in total. The van der Waals surface area contributed by atoms with E-state index in [2.05, 4.69) is 19.8 Å². The van der Waals surface area contributed by atoms with E-state index in [1.165, 1.54) is 12.1 Å². The minimum Gasteiger partial charge on any atom is -0.331 e. The molecule has 1 unspecified atom stereocenters. The summed E-state index contributed by atoms with van der Waals surface area (Å²) in [5, 5.41) is 2.46. The van der Waals surface area contributed by atoms with Crippen LogP contribution in [0, 0.1) is 5.82 Å². The topological polar surface area (TPSA) is 77.2 Å². The maximum Gasteiger partial charge on any atom is 0.400 e. The van der Waals surface area contributed by atoms with E-state index in [9.17, 15) is 17.7 Å². The molecule has 1 aromatic heterocycles. The summed E-state index contributed by atoms with van der Waals surface area (Å²) in [7, 11) is -3.35. The van der Waals surface area contributed by atoms with Gasteiger partial charge in [-0.25, -0.2) is 9.48 Å². The molecule has 1 aromatic carbocycles. The molecule has 0 spiro atoms. The van der Waals surface area contributed by atoms with Gasteiger partial charge >= 0.3 is 11.3 Å². The maximum absolute atomic E-state index is 14.5. The second kappa shape index (κ2) is 7.91. The van der Waals surface area contributed by atoms with E-state index >= 15 is 0 Å². The van der Waals surface area contributed by atoms with Crippen molar-refractivity contribution >= 4 is 19.1 Å². The molecule has 2 aromatic rings. The first kappa shape index (κ1) is 21.9. The molecular formula is C16H20ClF3N3O3P. The zero-order chi connectivity index (χ0) is 20.5. The number of hydrogen-bond acceptors (Lipinski definition) is 5. The summed E-state index contributed by atoms with van der Waals surface area (Å²) < 4.78 is 63.2. The highest BCUT2D eigenvalue weighted by Crippen LogP contribution is 2.48. The van der Waals surface area contributed by atoms with Crippen LogP contribution in [0.5, 0.6) is 0 Å². The minimum absolute atomic E-state index is 0.113. The zero-order valence-corrected chi connectivity index (χ0v) is 16.9. The molecule has 11 heteroatoms. The molecule has 0 aliphatic heterocycles. The van der Waals surface area contributed by atoms with Crippen LogP contribution < -0.4 is 5.09 Å². The first-order chi connectivity index (χ1) is 12.3.